The number of ether oxygens (including phenoxy) is 1. The molecule has 1 aromatic carbocycles. The molecule has 0 saturated carbocycles. The lowest BCUT2D eigenvalue weighted by Gasteiger charge is -2.22. The van der Waals surface area contributed by atoms with Crippen molar-refractivity contribution >= 4 is 17.8 Å². The standard InChI is InChI=1S/C20H22N2O5/c1-14-6-2-3-7-15(14)12-21-18(23)13-27-20(25)16-8-4-10-22(16)19(24)17-9-5-11-26-17/h2-3,5-7,9,11,16H,4,8,10,12-13H2,1H3,(H,21,23)/t16-/m0/s1. The van der Waals surface area contributed by atoms with Crippen LogP contribution in [-0.4, -0.2) is 41.9 Å². The summed E-state index contributed by atoms with van der Waals surface area (Å²) < 4.78 is 10.2. The quantitative estimate of drug-likeness (QED) is 0.786. The van der Waals surface area contributed by atoms with Gasteiger partial charge < -0.3 is 19.4 Å². The number of carbonyl (C=O) groups excluding carboxylic acids is 3. The lowest BCUT2D eigenvalue weighted by Crippen LogP contribution is -2.42. The first kappa shape index (κ1) is 18.7. The number of amides is 2. The largest absolute Gasteiger partial charge is 0.459 e. The average molecular weight is 370 g/mol. The van der Waals surface area contributed by atoms with Gasteiger partial charge in [-0.25, -0.2) is 4.79 Å². The zero-order chi connectivity index (χ0) is 19.2. The van der Waals surface area contributed by atoms with E-state index >= 15 is 0 Å². The normalized spacial score (nSPS) is 16.2. The molecule has 0 spiro atoms. The van der Waals surface area contributed by atoms with Crippen molar-refractivity contribution in [2.75, 3.05) is 13.2 Å². The summed E-state index contributed by atoms with van der Waals surface area (Å²) in [4.78, 5) is 38.1. The van der Waals surface area contributed by atoms with Gasteiger partial charge in [0.25, 0.3) is 11.8 Å². The second-order valence-corrected chi connectivity index (χ2v) is 6.44. The molecule has 142 valence electrons. The predicted octanol–water partition coefficient (Wildman–Crippen LogP) is 2.05. The average Bonchev–Trinajstić information content (AvgIpc) is 3.36. The van der Waals surface area contributed by atoms with Crippen molar-refractivity contribution in [2.24, 2.45) is 0 Å². The van der Waals surface area contributed by atoms with Gasteiger partial charge in [-0.15, -0.1) is 0 Å². The van der Waals surface area contributed by atoms with Gasteiger partial charge in [0.1, 0.15) is 6.04 Å². The number of hydrogen-bond donors (Lipinski definition) is 1. The fraction of sp³-hybridized carbons (Fsp3) is 0.350. The fourth-order valence-electron chi connectivity index (χ4n) is 3.08. The summed E-state index contributed by atoms with van der Waals surface area (Å²) in [6.45, 7) is 2.42. The van der Waals surface area contributed by atoms with Crippen LogP contribution >= 0.6 is 0 Å². The number of carbonyl (C=O) groups is 3. The van der Waals surface area contributed by atoms with E-state index in [0.29, 0.717) is 25.9 Å². The van der Waals surface area contributed by atoms with Crippen LogP contribution in [0.25, 0.3) is 0 Å². The number of hydrogen-bond acceptors (Lipinski definition) is 5. The molecule has 2 amide bonds. The van der Waals surface area contributed by atoms with Crippen LogP contribution in [0.5, 0.6) is 0 Å². The highest BCUT2D eigenvalue weighted by atomic mass is 16.5. The Kier molecular flexibility index (Phi) is 5.90. The first-order valence-corrected chi connectivity index (χ1v) is 8.88. The number of esters is 1. The van der Waals surface area contributed by atoms with Crippen molar-refractivity contribution < 1.29 is 23.5 Å². The molecule has 1 saturated heterocycles. The van der Waals surface area contributed by atoms with Gasteiger partial charge in [0.15, 0.2) is 12.4 Å². The Morgan fingerprint density at radius 3 is 2.78 bits per heavy atom. The second kappa shape index (κ2) is 8.53. The molecule has 1 aliphatic heterocycles. The Labute approximate surface area is 157 Å². The van der Waals surface area contributed by atoms with Crippen LogP contribution in [-0.2, 0) is 20.9 Å². The molecule has 0 radical (unpaired) electrons. The van der Waals surface area contributed by atoms with Gasteiger partial charge in [-0.3, -0.25) is 9.59 Å². The summed E-state index contributed by atoms with van der Waals surface area (Å²) in [5.74, 6) is -1.11. The van der Waals surface area contributed by atoms with E-state index in [1.807, 2.05) is 31.2 Å². The third-order valence-electron chi connectivity index (χ3n) is 4.60. The molecule has 3 rings (SSSR count). The lowest BCUT2D eigenvalue weighted by molar-refractivity contribution is -0.152. The molecule has 1 aromatic heterocycles. The van der Waals surface area contributed by atoms with Gasteiger partial charge in [0.05, 0.1) is 6.26 Å². The number of nitrogens with one attached hydrogen (secondary N) is 1. The Morgan fingerprint density at radius 1 is 1.22 bits per heavy atom. The van der Waals surface area contributed by atoms with E-state index in [0.717, 1.165) is 11.1 Å². The zero-order valence-corrected chi connectivity index (χ0v) is 15.1. The lowest BCUT2D eigenvalue weighted by atomic mass is 10.1. The predicted molar refractivity (Wildman–Crippen MR) is 96.8 cm³/mol. The number of nitrogens with zero attached hydrogens (tertiary/aromatic N) is 1. The van der Waals surface area contributed by atoms with E-state index in [1.165, 1.54) is 11.2 Å². The molecule has 2 aromatic rings. The minimum absolute atomic E-state index is 0.186. The summed E-state index contributed by atoms with van der Waals surface area (Å²) in [7, 11) is 0. The van der Waals surface area contributed by atoms with Crippen LogP contribution in [0.3, 0.4) is 0 Å². The Balaban J connectivity index is 1.49. The number of benzene rings is 1. The highest BCUT2D eigenvalue weighted by Gasteiger charge is 2.36. The maximum atomic E-state index is 12.4. The van der Waals surface area contributed by atoms with E-state index in [-0.39, 0.29) is 24.2 Å². The number of aryl methyl sites for hydroxylation is 1. The van der Waals surface area contributed by atoms with Crippen molar-refractivity contribution in [2.45, 2.75) is 32.4 Å². The summed E-state index contributed by atoms with van der Waals surface area (Å²) in [6, 6.07) is 10.2. The van der Waals surface area contributed by atoms with Crippen LogP contribution in [0.4, 0.5) is 0 Å². The summed E-state index contributed by atoms with van der Waals surface area (Å²) in [5, 5.41) is 2.73. The Morgan fingerprint density at radius 2 is 2.04 bits per heavy atom. The van der Waals surface area contributed by atoms with Crippen LogP contribution in [0.2, 0.25) is 0 Å². The summed E-state index contributed by atoms with van der Waals surface area (Å²) in [6.07, 6.45) is 2.62. The molecule has 7 heteroatoms. The van der Waals surface area contributed by atoms with Gasteiger partial charge >= 0.3 is 5.97 Å². The number of likely N-dealkylation sites (tertiary alicyclic amines) is 1. The Hall–Kier alpha value is -3.09. The topological polar surface area (TPSA) is 88.9 Å². The SMILES string of the molecule is Cc1ccccc1CNC(=O)COC(=O)[C@@H]1CCCN1C(=O)c1ccco1. The maximum Gasteiger partial charge on any atom is 0.329 e. The van der Waals surface area contributed by atoms with Gasteiger partial charge in [-0.2, -0.15) is 0 Å². The fourth-order valence-corrected chi connectivity index (χ4v) is 3.08. The Bertz CT molecular complexity index is 816. The molecule has 1 fully saturated rings. The smallest absolute Gasteiger partial charge is 0.329 e. The minimum atomic E-state index is -0.688. The zero-order valence-electron chi connectivity index (χ0n) is 15.1. The first-order valence-electron chi connectivity index (χ1n) is 8.88. The molecule has 1 N–H and O–H groups in total. The summed E-state index contributed by atoms with van der Waals surface area (Å²) >= 11 is 0. The molecule has 0 aliphatic carbocycles. The second-order valence-electron chi connectivity index (χ2n) is 6.44. The van der Waals surface area contributed by atoms with E-state index < -0.39 is 12.0 Å². The number of furan rings is 1. The first-order chi connectivity index (χ1) is 13.1. The van der Waals surface area contributed by atoms with Crippen LogP contribution < -0.4 is 5.32 Å². The van der Waals surface area contributed by atoms with E-state index in [4.69, 9.17) is 9.15 Å². The van der Waals surface area contributed by atoms with Crippen LogP contribution in [0.15, 0.2) is 47.1 Å². The van der Waals surface area contributed by atoms with Gasteiger partial charge in [0, 0.05) is 13.1 Å². The molecule has 0 unspecified atom stereocenters. The van der Waals surface area contributed by atoms with Crippen molar-refractivity contribution in [3.8, 4) is 0 Å². The number of rotatable bonds is 6. The monoisotopic (exact) mass is 370 g/mol. The van der Waals surface area contributed by atoms with E-state index in [1.54, 1.807) is 12.1 Å². The molecular weight excluding hydrogens is 348 g/mol. The van der Waals surface area contributed by atoms with Gasteiger partial charge in [-0.05, 0) is 43.0 Å². The minimum Gasteiger partial charge on any atom is -0.459 e. The van der Waals surface area contributed by atoms with Crippen molar-refractivity contribution in [1.82, 2.24) is 10.2 Å². The molecule has 1 atom stereocenters. The van der Waals surface area contributed by atoms with E-state index in [2.05, 4.69) is 5.32 Å². The summed E-state index contributed by atoms with van der Waals surface area (Å²) in [5.41, 5.74) is 2.08. The molecule has 0 bridgehead atoms. The molecule has 1 aliphatic rings. The van der Waals surface area contributed by atoms with Crippen LogP contribution in [0.1, 0.15) is 34.5 Å². The molecule has 27 heavy (non-hydrogen) atoms. The highest BCUT2D eigenvalue weighted by Crippen LogP contribution is 2.21. The van der Waals surface area contributed by atoms with Gasteiger partial charge in [0.2, 0.25) is 0 Å². The van der Waals surface area contributed by atoms with Crippen LogP contribution in [0, 0.1) is 6.92 Å². The third-order valence-corrected chi connectivity index (χ3v) is 4.60. The van der Waals surface area contributed by atoms with Crippen molar-refractivity contribution in [1.29, 1.82) is 0 Å². The molecular formula is C20H22N2O5. The highest BCUT2D eigenvalue weighted by molar-refractivity contribution is 5.95. The third kappa shape index (κ3) is 4.55. The van der Waals surface area contributed by atoms with Crippen molar-refractivity contribution in [3.05, 3.63) is 59.5 Å². The molecule has 2 heterocycles. The maximum absolute atomic E-state index is 12.4. The van der Waals surface area contributed by atoms with Crippen molar-refractivity contribution in [3.63, 3.8) is 0 Å². The van der Waals surface area contributed by atoms with E-state index in [9.17, 15) is 14.4 Å². The van der Waals surface area contributed by atoms with Gasteiger partial charge in [-0.1, -0.05) is 24.3 Å². The molecule has 7 nitrogen and oxygen atoms in total.